The Kier molecular flexibility index (Phi) is 3.30. The van der Waals surface area contributed by atoms with Crippen molar-refractivity contribution in [2.45, 2.75) is 6.54 Å². The van der Waals surface area contributed by atoms with Crippen molar-refractivity contribution in [3.8, 4) is 0 Å². The van der Waals surface area contributed by atoms with Crippen LogP contribution in [0.15, 0.2) is 24.9 Å². The normalized spacial score (nSPS) is 9.91. The van der Waals surface area contributed by atoms with Gasteiger partial charge in [-0.3, -0.25) is 0 Å². The molecule has 1 aromatic rings. The third kappa shape index (κ3) is 2.15. The largest absolute Gasteiger partial charge is 0.347 e. The van der Waals surface area contributed by atoms with Crippen molar-refractivity contribution in [1.82, 2.24) is 4.57 Å². The Morgan fingerprint density at radius 1 is 1.73 bits per heavy atom. The molecule has 1 nitrogen and oxygen atoms in total. The smallest absolute Gasteiger partial charge is 0.0400 e. The molecule has 0 unspecified atom stereocenters. The van der Waals surface area contributed by atoms with Crippen LogP contribution in [0.3, 0.4) is 0 Å². The molecule has 0 radical (unpaired) electrons. The minimum absolute atomic E-state index is 1.08. The average Bonchev–Trinajstić information content (AvgIpc) is 2.47. The fraction of sp³-hybridized carbons (Fsp3) is 0.333. The van der Waals surface area contributed by atoms with Crippen LogP contribution >= 0.6 is 11.8 Å². The lowest BCUT2D eigenvalue weighted by molar-refractivity contribution is 0.771. The van der Waals surface area contributed by atoms with Crippen molar-refractivity contribution in [2.24, 2.45) is 0 Å². The number of rotatable bonds is 4. The van der Waals surface area contributed by atoms with E-state index in [-0.39, 0.29) is 0 Å². The van der Waals surface area contributed by atoms with Crippen LogP contribution in [0.4, 0.5) is 0 Å². The molecule has 0 amide bonds. The van der Waals surface area contributed by atoms with Gasteiger partial charge in [0.15, 0.2) is 0 Å². The first kappa shape index (κ1) is 8.47. The number of nitrogens with zero attached hydrogens (tertiary/aromatic N) is 1. The Morgan fingerprint density at radius 3 is 3.18 bits per heavy atom. The van der Waals surface area contributed by atoms with Gasteiger partial charge >= 0.3 is 0 Å². The van der Waals surface area contributed by atoms with E-state index in [1.807, 2.05) is 17.8 Å². The van der Waals surface area contributed by atoms with E-state index in [0.717, 1.165) is 12.3 Å². The fourth-order valence-electron chi connectivity index (χ4n) is 1.01. The van der Waals surface area contributed by atoms with Crippen LogP contribution in [-0.4, -0.2) is 16.6 Å². The van der Waals surface area contributed by atoms with Crippen molar-refractivity contribution in [2.75, 3.05) is 12.0 Å². The van der Waals surface area contributed by atoms with Gasteiger partial charge in [0, 0.05) is 24.2 Å². The molecule has 0 aromatic carbocycles. The zero-order chi connectivity index (χ0) is 8.10. The molecule has 60 valence electrons. The second-order valence-electron chi connectivity index (χ2n) is 2.32. The SMILES string of the molecule is C=Cc1cccn1CCSC. The minimum atomic E-state index is 1.08. The van der Waals surface area contributed by atoms with Gasteiger partial charge in [0.05, 0.1) is 0 Å². The van der Waals surface area contributed by atoms with E-state index in [4.69, 9.17) is 0 Å². The fourth-order valence-corrected chi connectivity index (χ4v) is 1.39. The Morgan fingerprint density at radius 2 is 2.55 bits per heavy atom. The lowest BCUT2D eigenvalue weighted by Crippen LogP contribution is -1.99. The summed E-state index contributed by atoms with van der Waals surface area (Å²) < 4.78 is 2.21. The average molecular weight is 167 g/mol. The number of aromatic nitrogens is 1. The van der Waals surface area contributed by atoms with Crippen LogP contribution < -0.4 is 0 Å². The van der Waals surface area contributed by atoms with Crippen LogP contribution in [0.2, 0.25) is 0 Å². The first-order chi connectivity index (χ1) is 5.38. The first-order valence-electron chi connectivity index (χ1n) is 3.65. The monoisotopic (exact) mass is 167 g/mol. The predicted molar refractivity (Wildman–Crippen MR) is 52.9 cm³/mol. The molecule has 1 heterocycles. The molecule has 2 heteroatoms. The van der Waals surface area contributed by atoms with E-state index in [2.05, 4.69) is 35.7 Å². The Bertz CT molecular complexity index is 227. The van der Waals surface area contributed by atoms with Gasteiger partial charge < -0.3 is 4.57 Å². The van der Waals surface area contributed by atoms with E-state index in [0.29, 0.717) is 0 Å². The van der Waals surface area contributed by atoms with Gasteiger partial charge in [-0.1, -0.05) is 6.58 Å². The summed E-state index contributed by atoms with van der Waals surface area (Å²) in [6.45, 7) is 4.82. The Balaban J connectivity index is 2.61. The highest BCUT2D eigenvalue weighted by molar-refractivity contribution is 7.98. The maximum Gasteiger partial charge on any atom is 0.0400 e. The molecular formula is C9H13NS. The molecule has 0 aliphatic heterocycles. The van der Waals surface area contributed by atoms with Crippen LogP contribution in [0.25, 0.3) is 6.08 Å². The molecular weight excluding hydrogens is 154 g/mol. The predicted octanol–water partition coefficient (Wildman–Crippen LogP) is 2.49. The molecule has 0 N–H and O–H groups in total. The lowest BCUT2D eigenvalue weighted by Gasteiger charge is -2.03. The summed E-state index contributed by atoms with van der Waals surface area (Å²) in [6.07, 6.45) is 6.10. The summed E-state index contributed by atoms with van der Waals surface area (Å²) >= 11 is 1.86. The maximum absolute atomic E-state index is 3.74. The molecule has 0 saturated carbocycles. The number of hydrogen-bond donors (Lipinski definition) is 0. The number of aryl methyl sites for hydroxylation is 1. The highest BCUT2D eigenvalue weighted by Gasteiger charge is 1.93. The minimum Gasteiger partial charge on any atom is -0.347 e. The summed E-state index contributed by atoms with van der Waals surface area (Å²) in [7, 11) is 0. The molecule has 0 spiro atoms. The van der Waals surface area contributed by atoms with Gasteiger partial charge in [-0.25, -0.2) is 0 Å². The van der Waals surface area contributed by atoms with Gasteiger partial charge in [0.2, 0.25) is 0 Å². The van der Waals surface area contributed by atoms with Crippen molar-refractivity contribution in [1.29, 1.82) is 0 Å². The highest BCUT2D eigenvalue weighted by Crippen LogP contribution is 2.05. The van der Waals surface area contributed by atoms with Crippen LogP contribution in [0.5, 0.6) is 0 Å². The molecule has 1 aromatic heterocycles. The van der Waals surface area contributed by atoms with Crippen molar-refractivity contribution < 1.29 is 0 Å². The van der Waals surface area contributed by atoms with Crippen molar-refractivity contribution in [3.05, 3.63) is 30.6 Å². The number of thioether (sulfide) groups is 1. The van der Waals surface area contributed by atoms with Gasteiger partial charge in [-0.05, 0) is 24.5 Å². The molecule has 0 saturated heterocycles. The highest BCUT2D eigenvalue weighted by atomic mass is 32.2. The van der Waals surface area contributed by atoms with Crippen LogP contribution in [0.1, 0.15) is 5.69 Å². The van der Waals surface area contributed by atoms with E-state index in [1.165, 1.54) is 5.69 Å². The lowest BCUT2D eigenvalue weighted by atomic mass is 10.4. The molecule has 0 fully saturated rings. The zero-order valence-electron chi connectivity index (χ0n) is 6.79. The van der Waals surface area contributed by atoms with E-state index in [1.54, 1.807) is 0 Å². The van der Waals surface area contributed by atoms with Crippen LogP contribution in [0, 0.1) is 0 Å². The maximum atomic E-state index is 3.74. The molecule has 0 aliphatic carbocycles. The summed E-state index contributed by atoms with van der Waals surface area (Å²) in [4.78, 5) is 0. The van der Waals surface area contributed by atoms with Crippen LogP contribution in [-0.2, 0) is 6.54 Å². The van der Waals surface area contributed by atoms with Crippen molar-refractivity contribution >= 4 is 17.8 Å². The van der Waals surface area contributed by atoms with E-state index in [9.17, 15) is 0 Å². The topological polar surface area (TPSA) is 4.93 Å². The van der Waals surface area contributed by atoms with E-state index >= 15 is 0 Å². The van der Waals surface area contributed by atoms with E-state index < -0.39 is 0 Å². The first-order valence-corrected chi connectivity index (χ1v) is 5.04. The summed E-state index contributed by atoms with van der Waals surface area (Å²) in [5.74, 6) is 1.16. The summed E-state index contributed by atoms with van der Waals surface area (Å²) in [5, 5.41) is 0. The quantitative estimate of drug-likeness (QED) is 0.667. The zero-order valence-corrected chi connectivity index (χ0v) is 7.60. The molecule has 11 heavy (non-hydrogen) atoms. The van der Waals surface area contributed by atoms with Gasteiger partial charge in [0.1, 0.15) is 0 Å². The Hall–Kier alpha value is -0.630. The second kappa shape index (κ2) is 4.29. The molecule has 1 rings (SSSR count). The van der Waals surface area contributed by atoms with Gasteiger partial charge in [-0.2, -0.15) is 11.8 Å². The van der Waals surface area contributed by atoms with Crippen molar-refractivity contribution in [3.63, 3.8) is 0 Å². The third-order valence-electron chi connectivity index (χ3n) is 1.61. The summed E-state index contributed by atoms with van der Waals surface area (Å²) in [6, 6.07) is 4.13. The van der Waals surface area contributed by atoms with Gasteiger partial charge in [-0.15, -0.1) is 0 Å². The second-order valence-corrected chi connectivity index (χ2v) is 3.31. The Labute approximate surface area is 72.1 Å². The molecule has 0 aliphatic rings. The standard InChI is InChI=1S/C9H13NS/c1-3-9-5-4-6-10(9)7-8-11-2/h3-6H,1,7-8H2,2H3. The third-order valence-corrected chi connectivity index (χ3v) is 2.20. The molecule has 0 atom stereocenters. The molecule has 0 bridgehead atoms. The van der Waals surface area contributed by atoms with Gasteiger partial charge in [0.25, 0.3) is 0 Å². The summed E-state index contributed by atoms with van der Waals surface area (Å²) in [5.41, 5.74) is 1.21. The number of hydrogen-bond acceptors (Lipinski definition) is 1.